The van der Waals surface area contributed by atoms with E-state index in [4.69, 9.17) is 4.74 Å². The fourth-order valence-corrected chi connectivity index (χ4v) is 4.19. The third-order valence-electron chi connectivity index (χ3n) is 4.80. The number of amides is 1. The molecule has 0 aliphatic rings. The quantitative estimate of drug-likeness (QED) is 0.615. The van der Waals surface area contributed by atoms with Crippen LogP contribution in [-0.2, 0) is 10.2 Å². The summed E-state index contributed by atoms with van der Waals surface area (Å²) in [7, 11) is 0. The van der Waals surface area contributed by atoms with Gasteiger partial charge in [-0.05, 0) is 62.1 Å². The Bertz CT molecular complexity index is 1070. The molecule has 154 valence electrons. The minimum absolute atomic E-state index is 0.00822. The molecule has 0 aliphatic carbocycles. The fraction of sp³-hybridized carbons (Fsp3) is 0.391. The van der Waals surface area contributed by atoms with Gasteiger partial charge < -0.3 is 10.1 Å². The second-order valence-electron chi connectivity index (χ2n) is 8.54. The summed E-state index contributed by atoms with van der Waals surface area (Å²) in [6.45, 7) is 12.1. The lowest BCUT2D eigenvalue weighted by atomic mass is 9.87. The van der Waals surface area contributed by atoms with E-state index in [0.717, 1.165) is 10.2 Å². The lowest BCUT2D eigenvalue weighted by Crippen LogP contribution is -2.30. The van der Waals surface area contributed by atoms with Gasteiger partial charge in [0, 0.05) is 11.7 Å². The molecule has 3 rings (SSSR count). The number of rotatable bonds is 5. The number of fused-ring (bicyclic) bond motifs is 1. The zero-order chi connectivity index (χ0) is 21.3. The summed E-state index contributed by atoms with van der Waals surface area (Å²) in [6.07, 6.45) is -0.648. The predicted octanol–water partition coefficient (Wildman–Crippen LogP) is 5.35. The van der Waals surface area contributed by atoms with Crippen molar-refractivity contribution in [3.8, 4) is 5.75 Å². The molecule has 0 spiro atoms. The number of ether oxygens (including phenoxy) is 1. The average Bonchev–Trinajstić information content (AvgIpc) is 2.96. The summed E-state index contributed by atoms with van der Waals surface area (Å²) in [4.78, 5) is 24.8. The van der Waals surface area contributed by atoms with Crippen LogP contribution in [0.1, 0.15) is 53.1 Å². The smallest absolute Gasteiger partial charge is 0.308 e. The highest BCUT2D eigenvalue weighted by molar-refractivity contribution is 7.16. The number of nitrogens with zero attached hydrogens (tertiary/aromatic N) is 1. The molecule has 1 amide bonds. The summed E-state index contributed by atoms with van der Waals surface area (Å²) in [5, 5.41) is 2.88. The Morgan fingerprint density at radius 1 is 1.07 bits per heavy atom. The Labute approximate surface area is 175 Å². The molecule has 3 aromatic rings. The van der Waals surface area contributed by atoms with Gasteiger partial charge >= 0.3 is 4.87 Å². The van der Waals surface area contributed by atoms with E-state index in [2.05, 4.69) is 26.1 Å². The molecule has 0 unspecified atom stereocenters. The molecule has 6 heteroatoms. The third-order valence-corrected chi connectivity index (χ3v) is 5.72. The van der Waals surface area contributed by atoms with E-state index < -0.39 is 6.10 Å². The van der Waals surface area contributed by atoms with Crippen molar-refractivity contribution in [1.29, 1.82) is 0 Å². The van der Waals surface area contributed by atoms with Gasteiger partial charge in [-0.25, -0.2) is 0 Å². The van der Waals surface area contributed by atoms with Gasteiger partial charge in [0.15, 0.2) is 6.10 Å². The molecule has 0 bridgehead atoms. The minimum Gasteiger partial charge on any atom is -0.481 e. The van der Waals surface area contributed by atoms with Gasteiger partial charge in [0.05, 0.1) is 10.2 Å². The Hall–Kier alpha value is -2.60. The lowest BCUT2D eigenvalue weighted by Gasteiger charge is -2.20. The van der Waals surface area contributed by atoms with Crippen molar-refractivity contribution in [2.45, 2.75) is 59.1 Å². The number of hydrogen-bond acceptors (Lipinski definition) is 4. The van der Waals surface area contributed by atoms with Gasteiger partial charge in [0.1, 0.15) is 5.75 Å². The largest absolute Gasteiger partial charge is 0.481 e. The second-order valence-corrected chi connectivity index (χ2v) is 9.53. The van der Waals surface area contributed by atoms with Crippen molar-refractivity contribution in [2.24, 2.45) is 0 Å². The Morgan fingerprint density at radius 3 is 2.31 bits per heavy atom. The van der Waals surface area contributed by atoms with Gasteiger partial charge in [-0.3, -0.25) is 14.2 Å². The molecule has 0 radical (unpaired) electrons. The maximum absolute atomic E-state index is 12.6. The molecule has 1 atom stereocenters. The van der Waals surface area contributed by atoms with Crippen LogP contribution in [-0.4, -0.2) is 16.6 Å². The number of hydrogen-bond donors (Lipinski definition) is 1. The summed E-state index contributed by atoms with van der Waals surface area (Å²) >= 11 is 1.19. The molecular weight excluding hydrogens is 384 g/mol. The summed E-state index contributed by atoms with van der Waals surface area (Å²) < 4.78 is 8.41. The van der Waals surface area contributed by atoms with Gasteiger partial charge in [-0.2, -0.15) is 0 Å². The zero-order valence-corrected chi connectivity index (χ0v) is 18.6. The Balaban J connectivity index is 1.70. The first-order valence-electron chi connectivity index (χ1n) is 9.79. The van der Waals surface area contributed by atoms with Crippen LogP contribution in [0.25, 0.3) is 10.2 Å². The molecule has 2 aromatic carbocycles. The Kier molecular flexibility index (Phi) is 5.85. The van der Waals surface area contributed by atoms with E-state index in [1.807, 2.05) is 56.3 Å². The summed E-state index contributed by atoms with van der Waals surface area (Å²) in [5.41, 5.74) is 2.82. The van der Waals surface area contributed by atoms with Crippen molar-refractivity contribution < 1.29 is 9.53 Å². The van der Waals surface area contributed by atoms with E-state index in [9.17, 15) is 9.59 Å². The number of aromatic nitrogens is 1. The first-order valence-corrected chi connectivity index (χ1v) is 10.6. The number of thiazole rings is 1. The molecule has 1 aromatic heterocycles. The van der Waals surface area contributed by atoms with E-state index in [0.29, 0.717) is 11.4 Å². The van der Waals surface area contributed by atoms with Crippen molar-refractivity contribution in [2.75, 3.05) is 5.32 Å². The average molecular weight is 413 g/mol. The summed E-state index contributed by atoms with van der Waals surface area (Å²) in [6, 6.07) is 13.4. The predicted molar refractivity (Wildman–Crippen MR) is 120 cm³/mol. The van der Waals surface area contributed by atoms with E-state index in [1.54, 1.807) is 11.5 Å². The fourth-order valence-electron chi connectivity index (χ4n) is 3.14. The standard InChI is InChI=1S/C23H28N2O3S/c1-14(2)25-19-12-9-17(13-20(19)29-22(25)27)24-21(26)15(3)28-18-10-7-16(8-11-18)23(4,5)6/h7-15H,1-6H3,(H,24,26)/t15-/m0/s1. The topological polar surface area (TPSA) is 60.3 Å². The number of carbonyl (C=O) groups excluding carboxylic acids is 1. The van der Waals surface area contributed by atoms with Crippen LogP contribution in [0.4, 0.5) is 5.69 Å². The van der Waals surface area contributed by atoms with Gasteiger partial charge in [0.25, 0.3) is 5.91 Å². The summed E-state index contributed by atoms with van der Waals surface area (Å²) in [5.74, 6) is 0.420. The van der Waals surface area contributed by atoms with E-state index in [1.165, 1.54) is 16.9 Å². The molecule has 5 nitrogen and oxygen atoms in total. The van der Waals surface area contributed by atoms with Gasteiger partial charge in [-0.15, -0.1) is 0 Å². The van der Waals surface area contributed by atoms with Crippen molar-refractivity contribution in [1.82, 2.24) is 4.57 Å². The van der Waals surface area contributed by atoms with Crippen LogP contribution in [0, 0.1) is 0 Å². The van der Waals surface area contributed by atoms with E-state index >= 15 is 0 Å². The lowest BCUT2D eigenvalue weighted by molar-refractivity contribution is -0.122. The van der Waals surface area contributed by atoms with Crippen molar-refractivity contribution >= 4 is 33.1 Å². The number of benzene rings is 2. The normalized spacial score (nSPS) is 12.9. The molecule has 0 fully saturated rings. The van der Waals surface area contributed by atoms with Gasteiger partial charge in [0.2, 0.25) is 0 Å². The number of nitrogens with one attached hydrogen (secondary N) is 1. The van der Waals surface area contributed by atoms with Crippen LogP contribution < -0.4 is 14.9 Å². The van der Waals surface area contributed by atoms with E-state index in [-0.39, 0.29) is 22.2 Å². The molecule has 1 heterocycles. The molecule has 1 N–H and O–H groups in total. The van der Waals surface area contributed by atoms with Crippen LogP contribution in [0.5, 0.6) is 5.75 Å². The highest BCUT2D eigenvalue weighted by Crippen LogP contribution is 2.26. The molecular formula is C23H28N2O3S. The van der Waals surface area contributed by atoms with Gasteiger partial charge in [-0.1, -0.05) is 44.2 Å². The van der Waals surface area contributed by atoms with Crippen LogP contribution in [0.2, 0.25) is 0 Å². The van der Waals surface area contributed by atoms with Crippen LogP contribution in [0.15, 0.2) is 47.3 Å². The first kappa shape index (κ1) is 21.1. The number of anilines is 1. The Morgan fingerprint density at radius 2 is 1.72 bits per heavy atom. The number of carbonyl (C=O) groups is 1. The molecule has 0 aliphatic heterocycles. The zero-order valence-electron chi connectivity index (χ0n) is 17.8. The van der Waals surface area contributed by atoms with Crippen LogP contribution >= 0.6 is 11.3 Å². The highest BCUT2D eigenvalue weighted by atomic mass is 32.1. The molecule has 0 saturated carbocycles. The first-order chi connectivity index (χ1) is 13.6. The SMILES string of the molecule is CC(C)n1c(=O)sc2cc(NC(=O)[C@H](C)Oc3ccc(C(C)(C)C)cc3)ccc21. The highest BCUT2D eigenvalue weighted by Gasteiger charge is 2.18. The monoisotopic (exact) mass is 412 g/mol. The second kappa shape index (κ2) is 8.03. The van der Waals surface area contributed by atoms with Crippen molar-refractivity contribution in [3.63, 3.8) is 0 Å². The third kappa shape index (κ3) is 4.70. The van der Waals surface area contributed by atoms with Crippen molar-refractivity contribution in [3.05, 3.63) is 57.7 Å². The minimum atomic E-state index is -0.648. The maximum Gasteiger partial charge on any atom is 0.308 e. The maximum atomic E-state index is 12.6. The van der Waals surface area contributed by atoms with Crippen LogP contribution in [0.3, 0.4) is 0 Å². The molecule has 0 saturated heterocycles. The molecule has 29 heavy (non-hydrogen) atoms.